The van der Waals surface area contributed by atoms with Crippen molar-refractivity contribution in [2.24, 2.45) is 5.73 Å². The molecule has 0 aliphatic heterocycles. The van der Waals surface area contributed by atoms with Gasteiger partial charge in [0.05, 0.1) is 5.56 Å². The number of halogens is 1. The Balaban J connectivity index is 1.82. The fourth-order valence-electron chi connectivity index (χ4n) is 2.87. The van der Waals surface area contributed by atoms with Gasteiger partial charge < -0.3 is 10.5 Å². The summed E-state index contributed by atoms with van der Waals surface area (Å²) >= 11 is 0. The average molecular weight is 313 g/mol. The molecular formula is C18H16FNO3. The summed E-state index contributed by atoms with van der Waals surface area (Å²) in [5.74, 6) is -0.679. The van der Waals surface area contributed by atoms with Gasteiger partial charge in [0.25, 0.3) is 0 Å². The van der Waals surface area contributed by atoms with E-state index in [0.29, 0.717) is 28.9 Å². The van der Waals surface area contributed by atoms with Gasteiger partial charge in [-0.25, -0.2) is 4.39 Å². The average Bonchev–Trinajstić information content (AvgIpc) is 2.83. The summed E-state index contributed by atoms with van der Waals surface area (Å²) in [6.45, 7) is 2.05. The first-order chi connectivity index (χ1) is 11.0. The van der Waals surface area contributed by atoms with Crippen LogP contribution >= 0.6 is 0 Å². The lowest BCUT2D eigenvalue weighted by Crippen LogP contribution is -2.10. The van der Waals surface area contributed by atoms with E-state index in [2.05, 4.69) is 0 Å². The van der Waals surface area contributed by atoms with Crippen molar-refractivity contribution in [1.29, 1.82) is 0 Å². The number of Topliss-reactive ketones (excluding diaryl/α,β-unsaturated/α-hetero) is 1. The smallest absolute Gasteiger partial charge is 0.248 e. The molecule has 23 heavy (non-hydrogen) atoms. The van der Waals surface area contributed by atoms with E-state index in [1.807, 2.05) is 6.92 Å². The summed E-state index contributed by atoms with van der Waals surface area (Å²) in [6.07, 6.45) is 0.305. The number of hydrogen-bond donors (Lipinski definition) is 1. The molecule has 1 aliphatic carbocycles. The predicted molar refractivity (Wildman–Crippen MR) is 83.1 cm³/mol. The van der Waals surface area contributed by atoms with Crippen LogP contribution in [0.1, 0.15) is 51.1 Å². The van der Waals surface area contributed by atoms with Crippen LogP contribution in [0.4, 0.5) is 4.39 Å². The molecular weight excluding hydrogens is 297 g/mol. The maximum absolute atomic E-state index is 13.9. The van der Waals surface area contributed by atoms with Crippen molar-refractivity contribution in [3.8, 4) is 5.75 Å². The van der Waals surface area contributed by atoms with E-state index in [4.69, 9.17) is 10.5 Å². The Kier molecular flexibility index (Phi) is 3.86. The fraction of sp³-hybridized carbons (Fsp3) is 0.222. The Labute approximate surface area is 133 Å². The van der Waals surface area contributed by atoms with Crippen molar-refractivity contribution in [3.05, 3.63) is 64.5 Å². The van der Waals surface area contributed by atoms with Gasteiger partial charge in [-0.1, -0.05) is 19.1 Å². The van der Waals surface area contributed by atoms with E-state index < -0.39 is 5.91 Å². The zero-order valence-corrected chi connectivity index (χ0v) is 12.6. The number of amides is 1. The van der Waals surface area contributed by atoms with Crippen LogP contribution in [0.15, 0.2) is 36.4 Å². The van der Waals surface area contributed by atoms with E-state index in [-0.39, 0.29) is 24.1 Å². The van der Waals surface area contributed by atoms with E-state index in [0.717, 1.165) is 5.56 Å². The van der Waals surface area contributed by atoms with E-state index in [1.54, 1.807) is 24.3 Å². The van der Waals surface area contributed by atoms with Crippen LogP contribution in [-0.2, 0) is 6.61 Å². The van der Waals surface area contributed by atoms with Gasteiger partial charge in [-0.2, -0.15) is 0 Å². The van der Waals surface area contributed by atoms with Crippen molar-refractivity contribution in [2.45, 2.75) is 25.9 Å². The van der Waals surface area contributed by atoms with Crippen LogP contribution in [0, 0.1) is 5.82 Å². The van der Waals surface area contributed by atoms with E-state index >= 15 is 0 Å². The summed E-state index contributed by atoms with van der Waals surface area (Å²) in [4.78, 5) is 23.1. The lowest BCUT2D eigenvalue weighted by molar-refractivity contribution is 0.0982. The molecule has 118 valence electrons. The zero-order chi connectivity index (χ0) is 16.6. The first-order valence-corrected chi connectivity index (χ1v) is 7.34. The molecule has 0 radical (unpaired) electrons. The molecule has 1 amide bonds. The molecule has 1 aliphatic rings. The molecule has 1 atom stereocenters. The van der Waals surface area contributed by atoms with Crippen LogP contribution < -0.4 is 10.5 Å². The Morgan fingerprint density at radius 1 is 1.26 bits per heavy atom. The van der Waals surface area contributed by atoms with Crippen LogP contribution in [0.3, 0.4) is 0 Å². The molecule has 0 spiro atoms. The lowest BCUT2D eigenvalue weighted by atomic mass is 10.0. The van der Waals surface area contributed by atoms with Crippen molar-refractivity contribution >= 4 is 11.7 Å². The second kappa shape index (κ2) is 5.83. The third-order valence-electron chi connectivity index (χ3n) is 4.05. The molecule has 0 saturated carbocycles. The summed E-state index contributed by atoms with van der Waals surface area (Å²) < 4.78 is 19.6. The summed E-state index contributed by atoms with van der Waals surface area (Å²) in [5.41, 5.74) is 7.23. The molecule has 0 bridgehead atoms. The minimum atomic E-state index is -0.492. The van der Waals surface area contributed by atoms with Crippen molar-refractivity contribution < 1.29 is 18.7 Å². The first-order valence-electron chi connectivity index (χ1n) is 7.34. The number of ketones is 1. The molecule has 0 aromatic heterocycles. The Morgan fingerprint density at radius 3 is 2.61 bits per heavy atom. The Morgan fingerprint density at radius 2 is 1.96 bits per heavy atom. The molecule has 0 unspecified atom stereocenters. The maximum atomic E-state index is 13.9. The van der Waals surface area contributed by atoms with Gasteiger partial charge in [0.2, 0.25) is 5.91 Å². The van der Waals surface area contributed by atoms with Crippen LogP contribution in [0.25, 0.3) is 0 Å². The van der Waals surface area contributed by atoms with Gasteiger partial charge in [-0.15, -0.1) is 0 Å². The number of carbonyl (C=O) groups excluding carboxylic acids is 2. The molecule has 0 heterocycles. The SMILES string of the molecule is C[C@@H]1CC(=O)c2c(OCc3ccc(C(N)=O)cc3)ccc(F)c21. The van der Waals surface area contributed by atoms with E-state index in [1.165, 1.54) is 12.1 Å². The van der Waals surface area contributed by atoms with Gasteiger partial charge in [0.15, 0.2) is 5.78 Å². The molecule has 2 aromatic carbocycles. The number of benzene rings is 2. The van der Waals surface area contributed by atoms with Gasteiger partial charge in [-0.3, -0.25) is 9.59 Å². The minimum Gasteiger partial charge on any atom is -0.488 e. The summed E-state index contributed by atoms with van der Waals surface area (Å²) in [5, 5.41) is 0. The lowest BCUT2D eigenvalue weighted by Gasteiger charge is -2.12. The highest BCUT2D eigenvalue weighted by atomic mass is 19.1. The zero-order valence-electron chi connectivity index (χ0n) is 12.6. The Hall–Kier alpha value is -2.69. The molecule has 2 N–H and O–H groups in total. The standard InChI is InChI=1S/C18H16FNO3/c1-10-8-14(21)17-15(7-6-13(19)16(10)17)23-9-11-2-4-12(5-3-11)18(20)22/h2-7,10H,8-9H2,1H3,(H2,20,22)/t10-/m1/s1. The molecule has 2 aromatic rings. The van der Waals surface area contributed by atoms with Crippen LogP contribution in [-0.4, -0.2) is 11.7 Å². The highest BCUT2D eigenvalue weighted by Gasteiger charge is 2.32. The quantitative estimate of drug-likeness (QED) is 0.942. The third-order valence-corrected chi connectivity index (χ3v) is 4.05. The third kappa shape index (κ3) is 2.82. The van der Waals surface area contributed by atoms with Gasteiger partial charge >= 0.3 is 0 Å². The second-order valence-electron chi connectivity index (χ2n) is 5.71. The fourth-order valence-corrected chi connectivity index (χ4v) is 2.87. The van der Waals surface area contributed by atoms with Gasteiger partial charge in [-0.05, 0) is 35.7 Å². The topological polar surface area (TPSA) is 69.4 Å². The van der Waals surface area contributed by atoms with Gasteiger partial charge in [0.1, 0.15) is 18.2 Å². The summed E-state index contributed by atoms with van der Waals surface area (Å²) in [6, 6.07) is 9.51. The highest BCUT2D eigenvalue weighted by molar-refractivity contribution is 6.03. The highest BCUT2D eigenvalue weighted by Crippen LogP contribution is 2.39. The summed E-state index contributed by atoms with van der Waals surface area (Å²) in [7, 11) is 0. The molecule has 3 rings (SSSR count). The van der Waals surface area contributed by atoms with Crippen LogP contribution in [0.5, 0.6) is 5.75 Å². The second-order valence-corrected chi connectivity index (χ2v) is 5.71. The van der Waals surface area contributed by atoms with Crippen LogP contribution in [0.2, 0.25) is 0 Å². The largest absolute Gasteiger partial charge is 0.488 e. The van der Waals surface area contributed by atoms with Gasteiger partial charge in [0, 0.05) is 17.5 Å². The molecule has 0 fully saturated rings. The van der Waals surface area contributed by atoms with Crippen molar-refractivity contribution in [1.82, 2.24) is 0 Å². The first kappa shape index (κ1) is 15.2. The van der Waals surface area contributed by atoms with E-state index in [9.17, 15) is 14.0 Å². The number of carbonyl (C=O) groups is 2. The Bertz CT molecular complexity index is 784. The number of ether oxygens (including phenoxy) is 1. The molecule has 4 nitrogen and oxygen atoms in total. The number of nitrogens with two attached hydrogens (primary N) is 1. The maximum Gasteiger partial charge on any atom is 0.248 e. The monoisotopic (exact) mass is 313 g/mol. The molecule has 5 heteroatoms. The number of primary amides is 1. The van der Waals surface area contributed by atoms with Crippen molar-refractivity contribution in [2.75, 3.05) is 0 Å². The number of hydrogen-bond acceptors (Lipinski definition) is 3. The predicted octanol–water partition coefficient (Wildman–Crippen LogP) is 3.19. The molecule has 0 saturated heterocycles. The number of rotatable bonds is 4. The van der Waals surface area contributed by atoms with Crippen molar-refractivity contribution in [3.63, 3.8) is 0 Å². The minimum absolute atomic E-state index is 0.0916. The number of fused-ring (bicyclic) bond motifs is 1. The normalized spacial score (nSPS) is 16.3.